The molecule has 3 N–H and O–H groups in total. The Bertz CT molecular complexity index is 1440. The van der Waals surface area contributed by atoms with Gasteiger partial charge in [0.25, 0.3) is 0 Å². The Labute approximate surface area is 209 Å². The first-order chi connectivity index (χ1) is 17.4. The Kier molecular flexibility index (Phi) is 6.28. The minimum atomic E-state index is -0.175. The van der Waals surface area contributed by atoms with Gasteiger partial charge in [-0.25, -0.2) is 9.97 Å². The zero-order chi connectivity index (χ0) is 25.2. The molecule has 1 amide bonds. The number of carbonyl (C=O) groups excluding carboxylic acids is 1. The monoisotopic (exact) mass is 484 g/mol. The highest BCUT2D eigenvalue weighted by molar-refractivity contribution is 5.94. The number of ether oxygens (including phenoxy) is 2. The van der Waals surface area contributed by atoms with Crippen molar-refractivity contribution in [1.29, 1.82) is 0 Å². The fraction of sp³-hybridized carbons (Fsp3) is 0.259. The zero-order valence-corrected chi connectivity index (χ0v) is 20.5. The van der Waals surface area contributed by atoms with E-state index in [1.807, 2.05) is 61.5 Å². The van der Waals surface area contributed by atoms with Crippen molar-refractivity contribution in [1.82, 2.24) is 15.0 Å². The summed E-state index contributed by atoms with van der Waals surface area (Å²) in [6, 6.07) is 17.2. The molecule has 0 unspecified atom stereocenters. The van der Waals surface area contributed by atoms with Gasteiger partial charge in [0.15, 0.2) is 17.3 Å². The maximum absolute atomic E-state index is 13.0. The second kappa shape index (κ2) is 9.69. The maximum atomic E-state index is 13.0. The fourth-order valence-corrected chi connectivity index (χ4v) is 4.53. The van der Waals surface area contributed by atoms with Crippen LogP contribution in [0.4, 0.5) is 17.5 Å². The summed E-state index contributed by atoms with van der Waals surface area (Å²) < 4.78 is 10.8. The van der Waals surface area contributed by atoms with Gasteiger partial charge in [0.2, 0.25) is 11.9 Å². The van der Waals surface area contributed by atoms with Crippen molar-refractivity contribution in [2.24, 2.45) is 5.92 Å². The van der Waals surface area contributed by atoms with Crippen molar-refractivity contribution in [2.45, 2.75) is 13.3 Å². The van der Waals surface area contributed by atoms with E-state index in [1.54, 1.807) is 14.2 Å². The van der Waals surface area contributed by atoms with Gasteiger partial charge in [-0.1, -0.05) is 12.1 Å². The number of rotatable bonds is 6. The number of pyridine rings is 1. The average molecular weight is 485 g/mol. The number of hydrogen-bond acceptors (Lipinski definition) is 8. The van der Waals surface area contributed by atoms with Gasteiger partial charge in [-0.15, -0.1) is 0 Å². The number of carbonyl (C=O) groups is 1. The van der Waals surface area contributed by atoms with Crippen molar-refractivity contribution in [3.05, 3.63) is 60.2 Å². The van der Waals surface area contributed by atoms with Crippen LogP contribution in [0.5, 0.6) is 11.5 Å². The summed E-state index contributed by atoms with van der Waals surface area (Å²) >= 11 is 0. The summed E-state index contributed by atoms with van der Waals surface area (Å²) in [4.78, 5) is 28.8. The van der Waals surface area contributed by atoms with Crippen LogP contribution in [-0.2, 0) is 4.79 Å². The third kappa shape index (κ3) is 4.59. The Morgan fingerprint density at radius 3 is 2.64 bits per heavy atom. The van der Waals surface area contributed by atoms with Crippen LogP contribution in [0.3, 0.4) is 0 Å². The number of benzene rings is 2. The molecule has 1 atom stereocenters. The number of nitrogens with two attached hydrogens (primary N) is 1. The summed E-state index contributed by atoms with van der Waals surface area (Å²) in [5.41, 5.74) is 10.8. The van der Waals surface area contributed by atoms with Gasteiger partial charge in [0, 0.05) is 24.3 Å². The quantitative estimate of drug-likeness (QED) is 0.421. The Balaban J connectivity index is 1.43. The first kappa shape index (κ1) is 23.3. The molecule has 36 heavy (non-hydrogen) atoms. The molecule has 0 spiro atoms. The Morgan fingerprint density at radius 1 is 1.03 bits per heavy atom. The van der Waals surface area contributed by atoms with Gasteiger partial charge >= 0.3 is 0 Å². The van der Waals surface area contributed by atoms with Gasteiger partial charge in [-0.3, -0.25) is 4.79 Å². The van der Waals surface area contributed by atoms with Crippen molar-refractivity contribution in [2.75, 3.05) is 43.3 Å². The molecule has 2 aromatic heterocycles. The summed E-state index contributed by atoms with van der Waals surface area (Å²) in [7, 11) is 3.20. The van der Waals surface area contributed by atoms with Crippen molar-refractivity contribution in [3.63, 3.8) is 0 Å². The topological polar surface area (TPSA) is 115 Å². The van der Waals surface area contributed by atoms with Crippen molar-refractivity contribution >= 4 is 34.4 Å². The molecule has 0 bridgehead atoms. The second-order valence-corrected chi connectivity index (χ2v) is 8.83. The summed E-state index contributed by atoms with van der Waals surface area (Å²) in [5.74, 6) is 1.88. The SMILES string of the molecule is COc1ccc(-c2ccc3nc(N)nc(N4CC[C@@H](C(=O)Nc5cccc(C)c5)C4)c3n2)cc1OC. The molecule has 1 fully saturated rings. The van der Waals surface area contributed by atoms with E-state index in [-0.39, 0.29) is 17.8 Å². The number of aryl methyl sites for hydroxylation is 1. The lowest BCUT2D eigenvalue weighted by atomic mass is 10.1. The highest BCUT2D eigenvalue weighted by Crippen LogP contribution is 2.34. The highest BCUT2D eigenvalue weighted by Gasteiger charge is 2.31. The lowest BCUT2D eigenvalue weighted by Gasteiger charge is -2.19. The van der Waals surface area contributed by atoms with Crippen LogP contribution in [-0.4, -0.2) is 48.2 Å². The van der Waals surface area contributed by atoms with E-state index in [4.69, 9.17) is 20.2 Å². The summed E-state index contributed by atoms with van der Waals surface area (Å²) in [5, 5.41) is 3.04. The molecule has 4 aromatic rings. The first-order valence-corrected chi connectivity index (χ1v) is 11.7. The molecule has 1 aliphatic heterocycles. The number of nitrogens with one attached hydrogen (secondary N) is 1. The molecule has 1 saturated heterocycles. The standard InChI is InChI=1S/C27H28N6O3/c1-16-5-4-6-19(13-16)29-26(34)18-11-12-33(15-18)25-24-21(31-27(28)32-25)9-8-20(30-24)17-7-10-22(35-2)23(14-17)36-3/h4-10,13-14,18H,11-12,15H2,1-3H3,(H,29,34)(H2,28,31,32)/t18-/m1/s1. The van der Waals surface area contributed by atoms with E-state index < -0.39 is 0 Å². The number of amides is 1. The number of hydrogen-bond donors (Lipinski definition) is 2. The molecule has 0 saturated carbocycles. The lowest BCUT2D eigenvalue weighted by molar-refractivity contribution is -0.119. The Hall–Kier alpha value is -4.40. The van der Waals surface area contributed by atoms with Gasteiger partial charge in [-0.2, -0.15) is 4.98 Å². The molecular weight excluding hydrogens is 456 g/mol. The minimum absolute atomic E-state index is 0.00610. The van der Waals surface area contributed by atoms with E-state index in [2.05, 4.69) is 20.2 Å². The van der Waals surface area contributed by atoms with Crippen LogP contribution in [0.1, 0.15) is 12.0 Å². The number of aromatic nitrogens is 3. The van der Waals surface area contributed by atoms with E-state index >= 15 is 0 Å². The summed E-state index contributed by atoms with van der Waals surface area (Å²) in [6.45, 7) is 3.19. The fourth-order valence-electron chi connectivity index (χ4n) is 4.53. The molecule has 184 valence electrons. The molecule has 3 heterocycles. The molecule has 1 aliphatic rings. The van der Waals surface area contributed by atoms with Gasteiger partial charge < -0.3 is 25.4 Å². The van der Waals surface area contributed by atoms with Crippen LogP contribution in [0.25, 0.3) is 22.3 Å². The lowest BCUT2D eigenvalue weighted by Crippen LogP contribution is -2.27. The number of methoxy groups -OCH3 is 2. The van der Waals surface area contributed by atoms with E-state index in [9.17, 15) is 4.79 Å². The van der Waals surface area contributed by atoms with Crippen LogP contribution in [0, 0.1) is 12.8 Å². The molecular formula is C27H28N6O3. The maximum Gasteiger partial charge on any atom is 0.229 e. The number of nitrogen functional groups attached to an aromatic ring is 1. The Morgan fingerprint density at radius 2 is 1.86 bits per heavy atom. The molecule has 9 heteroatoms. The number of nitrogens with zero attached hydrogens (tertiary/aromatic N) is 4. The third-order valence-corrected chi connectivity index (χ3v) is 6.36. The van der Waals surface area contributed by atoms with E-state index in [1.165, 1.54) is 0 Å². The molecule has 9 nitrogen and oxygen atoms in total. The van der Waals surface area contributed by atoms with Crippen molar-refractivity contribution < 1.29 is 14.3 Å². The smallest absolute Gasteiger partial charge is 0.229 e. The third-order valence-electron chi connectivity index (χ3n) is 6.36. The molecule has 0 radical (unpaired) electrons. The normalized spacial score (nSPS) is 15.2. The number of anilines is 3. The van der Waals surface area contributed by atoms with Gasteiger partial charge in [0.05, 0.1) is 31.3 Å². The largest absolute Gasteiger partial charge is 0.493 e. The molecule has 2 aromatic carbocycles. The van der Waals surface area contributed by atoms with Crippen LogP contribution in [0.2, 0.25) is 0 Å². The predicted molar refractivity (Wildman–Crippen MR) is 140 cm³/mol. The number of fused-ring (bicyclic) bond motifs is 1. The summed E-state index contributed by atoms with van der Waals surface area (Å²) in [6.07, 6.45) is 0.707. The molecule has 5 rings (SSSR count). The highest BCUT2D eigenvalue weighted by atomic mass is 16.5. The molecule has 0 aliphatic carbocycles. The minimum Gasteiger partial charge on any atom is -0.493 e. The first-order valence-electron chi connectivity index (χ1n) is 11.7. The van der Waals surface area contributed by atoms with Crippen LogP contribution in [0.15, 0.2) is 54.6 Å². The average Bonchev–Trinajstić information content (AvgIpc) is 3.38. The van der Waals surface area contributed by atoms with E-state index in [0.29, 0.717) is 47.9 Å². The second-order valence-electron chi connectivity index (χ2n) is 8.83. The van der Waals surface area contributed by atoms with Crippen LogP contribution >= 0.6 is 0 Å². The van der Waals surface area contributed by atoms with Gasteiger partial charge in [-0.05, 0) is 61.4 Å². The van der Waals surface area contributed by atoms with E-state index in [0.717, 1.165) is 22.5 Å². The zero-order valence-electron chi connectivity index (χ0n) is 20.5. The van der Waals surface area contributed by atoms with Crippen molar-refractivity contribution in [3.8, 4) is 22.8 Å². The van der Waals surface area contributed by atoms with Crippen LogP contribution < -0.4 is 25.4 Å². The van der Waals surface area contributed by atoms with Gasteiger partial charge in [0.1, 0.15) is 5.52 Å². The predicted octanol–water partition coefficient (Wildman–Crippen LogP) is 4.06.